The zero-order chi connectivity index (χ0) is 19.7. The summed E-state index contributed by atoms with van der Waals surface area (Å²) in [6, 6.07) is -0.890. The van der Waals surface area contributed by atoms with Crippen molar-refractivity contribution in [1.29, 1.82) is 0 Å². The Balaban J connectivity index is 2.90. The van der Waals surface area contributed by atoms with Crippen molar-refractivity contribution < 1.29 is 34.0 Å². The van der Waals surface area contributed by atoms with Gasteiger partial charge in [-0.15, -0.1) is 0 Å². The van der Waals surface area contributed by atoms with Crippen molar-refractivity contribution in [2.45, 2.75) is 57.3 Å². The number of ether oxygens (including phenoxy) is 3. The molecular weight excluding hydrogens is 348 g/mol. The molecule has 0 aliphatic carbocycles. The fourth-order valence-corrected chi connectivity index (χ4v) is 2.63. The third-order valence-corrected chi connectivity index (χ3v) is 3.77. The van der Waals surface area contributed by atoms with Crippen LogP contribution in [0, 0.1) is 0 Å². The van der Waals surface area contributed by atoms with E-state index in [1.807, 2.05) is 0 Å². The molecule has 11 heteroatoms. The van der Waals surface area contributed by atoms with Crippen molar-refractivity contribution in [2.75, 3.05) is 19.8 Å². The largest absolute Gasteiger partial charge is 0.480 e. The summed E-state index contributed by atoms with van der Waals surface area (Å²) in [5.74, 6) is -1.74. The fourth-order valence-electron chi connectivity index (χ4n) is 2.63. The minimum atomic E-state index is -1.19. The third kappa shape index (κ3) is 6.75. The van der Waals surface area contributed by atoms with E-state index in [4.69, 9.17) is 30.8 Å². The van der Waals surface area contributed by atoms with E-state index in [-0.39, 0.29) is 18.9 Å². The Labute approximate surface area is 151 Å². The molecule has 0 bridgehead atoms. The van der Waals surface area contributed by atoms with Gasteiger partial charge in [0.05, 0.1) is 12.6 Å². The van der Waals surface area contributed by atoms with E-state index < -0.39 is 49.1 Å². The zero-order valence-electron chi connectivity index (χ0n) is 15.0. The SMILES string of the molecule is CCOC1OC(CC)[C@H](O)[C@H](OCC(=O)O)C1NC(=O)CCN=C(N)N. The third-order valence-electron chi connectivity index (χ3n) is 3.77. The fraction of sp³-hybridized carbons (Fsp3) is 0.800. The number of carbonyl (C=O) groups excluding carboxylic acids is 1. The van der Waals surface area contributed by atoms with Gasteiger partial charge in [0, 0.05) is 13.0 Å². The summed E-state index contributed by atoms with van der Waals surface area (Å²) in [5.41, 5.74) is 10.4. The molecule has 1 rings (SSSR count). The number of guanidine groups is 1. The average Bonchev–Trinajstić information content (AvgIpc) is 2.56. The van der Waals surface area contributed by atoms with E-state index >= 15 is 0 Å². The molecule has 3 unspecified atom stereocenters. The van der Waals surface area contributed by atoms with Crippen molar-refractivity contribution in [1.82, 2.24) is 5.32 Å². The van der Waals surface area contributed by atoms with Gasteiger partial charge in [0.1, 0.15) is 24.9 Å². The summed E-state index contributed by atoms with van der Waals surface area (Å²) in [6.07, 6.45) is -3.18. The van der Waals surface area contributed by atoms with Gasteiger partial charge in [0.25, 0.3) is 0 Å². The number of aliphatic carboxylic acids is 1. The first kappa shape index (κ1) is 22.1. The van der Waals surface area contributed by atoms with Crippen molar-refractivity contribution >= 4 is 17.8 Å². The van der Waals surface area contributed by atoms with Crippen molar-refractivity contribution in [3.05, 3.63) is 0 Å². The summed E-state index contributed by atoms with van der Waals surface area (Å²) < 4.78 is 16.5. The summed E-state index contributed by atoms with van der Waals surface area (Å²) in [4.78, 5) is 26.7. The predicted molar refractivity (Wildman–Crippen MR) is 91.2 cm³/mol. The second-order valence-corrected chi connectivity index (χ2v) is 5.72. The van der Waals surface area contributed by atoms with Gasteiger partial charge in [-0.3, -0.25) is 9.79 Å². The molecule has 0 saturated carbocycles. The minimum absolute atomic E-state index is 0.00774. The zero-order valence-corrected chi connectivity index (χ0v) is 15.0. The van der Waals surface area contributed by atoms with Crippen LogP contribution in [0.25, 0.3) is 0 Å². The Bertz CT molecular complexity index is 498. The summed E-state index contributed by atoms with van der Waals surface area (Å²) in [5, 5.41) is 22.0. The molecule has 1 aliphatic heterocycles. The molecule has 0 aromatic heterocycles. The van der Waals surface area contributed by atoms with Gasteiger partial charge in [0.2, 0.25) is 5.91 Å². The summed E-state index contributed by atoms with van der Waals surface area (Å²) in [6.45, 7) is 3.31. The number of rotatable bonds is 10. The second kappa shape index (κ2) is 10.9. The van der Waals surface area contributed by atoms with E-state index in [1.54, 1.807) is 13.8 Å². The number of carboxylic acid groups (broad SMARTS) is 1. The lowest BCUT2D eigenvalue weighted by Crippen LogP contribution is -2.65. The predicted octanol–water partition coefficient (Wildman–Crippen LogP) is -1.86. The number of amides is 1. The van der Waals surface area contributed by atoms with E-state index in [0.717, 1.165) is 0 Å². The van der Waals surface area contributed by atoms with E-state index in [9.17, 15) is 14.7 Å². The van der Waals surface area contributed by atoms with Crippen molar-refractivity contribution in [2.24, 2.45) is 16.5 Å². The first-order valence-electron chi connectivity index (χ1n) is 8.43. The topological polar surface area (TPSA) is 179 Å². The van der Waals surface area contributed by atoms with Gasteiger partial charge in [0.15, 0.2) is 12.2 Å². The maximum absolute atomic E-state index is 12.2. The smallest absolute Gasteiger partial charge is 0.329 e. The lowest BCUT2D eigenvalue weighted by Gasteiger charge is -2.44. The van der Waals surface area contributed by atoms with Crippen LogP contribution in [-0.4, -0.2) is 78.5 Å². The molecule has 1 saturated heterocycles. The average molecular weight is 376 g/mol. The monoisotopic (exact) mass is 376 g/mol. The number of carboxylic acids is 1. The number of nitrogens with zero attached hydrogens (tertiary/aromatic N) is 1. The molecule has 1 aliphatic rings. The number of hydrogen-bond acceptors (Lipinski definition) is 7. The first-order valence-corrected chi connectivity index (χ1v) is 8.43. The molecule has 7 N–H and O–H groups in total. The molecule has 0 spiro atoms. The first-order chi connectivity index (χ1) is 12.3. The van der Waals surface area contributed by atoms with Gasteiger partial charge < -0.3 is 41.2 Å². The molecule has 1 heterocycles. The number of carbonyl (C=O) groups is 2. The molecule has 0 aromatic rings. The van der Waals surface area contributed by atoms with Crippen LogP contribution < -0.4 is 16.8 Å². The highest BCUT2D eigenvalue weighted by atomic mass is 16.7. The Morgan fingerprint density at radius 2 is 1.96 bits per heavy atom. The maximum Gasteiger partial charge on any atom is 0.329 e. The second-order valence-electron chi connectivity index (χ2n) is 5.72. The standard InChI is InChI=1S/C15H28N4O7/c1-3-8-12(23)13(25-7-10(21)22)11(14(26-8)24-4-2)19-9(20)5-6-18-15(16)17/h8,11-14,23H,3-7H2,1-2H3,(H,19,20)(H,21,22)(H4,16,17,18)/t8?,11?,12-,13+,14?/m0/s1. The molecule has 150 valence electrons. The molecule has 0 radical (unpaired) electrons. The Hall–Kier alpha value is -1.95. The molecular formula is C15H28N4O7. The van der Waals surface area contributed by atoms with Crippen LogP contribution in [0.2, 0.25) is 0 Å². The number of nitrogens with two attached hydrogens (primary N) is 2. The minimum Gasteiger partial charge on any atom is -0.480 e. The van der Waals surface area contributed by atoms with Crippen LogP contribution in [0.1, 0.15) is 26.7 Å². The van der Waals surface area contributed by atoms with Crippen LogP contribution in [0.3, 0.4) is 0 Å². The number of aliphatic hydroxyl groups excluding tert-OH is 1. The lowest BCUT2D eigenvalue weighted by atomic mass is 9.94. The Morgan fingerprint density at radius 1 is 1.27 bits per heavy atom. The lowest BCUT2D eigenvalue weighted by molar-refractivity contribution is -0.270. The van der Waals surface area contributed by atoms with Crippen LogP contribution in [0.4, 0.5) is 0 Å². The van der Waals surface area contributed by atoms with Crippen LogP contribution >= 0.6 is 0 Å². The molecule has 26 heavy (non-hydrogen) atoms. The van der Waals surface area contributed by atoms with E-state index in [2.05, 4.69) is 10.3 Å². The van der Waals surface area contributed by atoms with E-state index in [0.29, 0.717) is 13.0 Å². The van der Waals surface area contributed by atoms with Crippen molar-refractivity contribution in [3.63, 3.8) is 0 Å². The molecule has 11 nitrogen and oxygen atoms in total. The highest BCUT2D eigenvalue weighted by Gasteiger charge is 2.46. The highest BCUT2D eigenvalue weighted by Crippen LogP contribution is 2.26. The van der Waals surface area contributed by atoms with E-state index in [1.165, 1.54) is 0 Å². The van der Waals surface area contributed by atoms with Crippen LogP contribution in [-0.2, 0) is 23.8 Å². The van der Waals surface area contributed by atoms with Gasteiger partial charge in [-0.25, -0.2) is 4.79 Å². The normalized spacial score (nSPS) is 28.3. The highest BCUT2D eigenvalue weighted by molar-refractivity contribution is 5.78. The molecule has 0 aromatic carbocycles. The summed E-state index contributed by atoms with van der Waals surface area (Å²) in [7, 11) is 0. The summed E-state index contributed by atoms with van der Waals surface area (Å²) >= 11 is 0. The van der Waals surface area contributed by atoms with Gasteiger partial charge in [-0.2, -0.15) is 0 Å². The van der Waals surface area contributed by atoms with Gasteiger partial charge >= 0.3 is 5.97 Å². The van der Waals surface area contributed by atoms with Crippen LogP contribution in [0.5, 0.6) is 0 Å². The quantitative estimate of drug-likeness (QED) is 0.216. The molecule has 1 amide bonds. The Kier molecular flexibility index (Phi) is 9.27. The number of aliphatic imine (C=N–C) groups is 1. The van der Waals surface area contributed by atoms with Gasteiger partial charge in [-0.1, -0.05) is 6.92 Å². The molecule has 5 atom stereocenters. The Morgan fingerprint density at radius 3 is 2.50 bits per heavy atom. The van der Waals surface area contributed by atoms with Crippen LogP contribution in [0.15, 0.2) is 4.99 Å². The van der Waals surface area contributed by atoms with Crippen molar-refractivity contribution in [3.8, 4) is 0 Å². The maximum atomic E-state index is 12.2. The number of aliphatic hydroxyl groups is 1. The number of hydrogen-bond donors (Lipinski definition) is 5. The van der Waals surface area contributed by atoms with Gasteiger partial charge in [-0.05, 0) is 13.3 Å². The number of nitrogens with one attached hydrogen (secondary N) is 1. The molecule has 1 fully saturated rings.